The zero-order chi connectivity index (χ0) is 18.6. The number of aromatic nitrogens is 3. The van der Waals surface area contributed by atoms with E-state index in [1.165, 1.54) is 18.6 Å². The first kappa shape index (κ1) is 24.0. The summed E-state index contributed by atoms with van der Waals surface area (Å²) in [5.74, 6) is 0.113. The van der Waals surface area contributed by atoms with Crippen molar-refractivity contribution in [2.45, 2.75) is 32.0 Å². The van der Waals surface area contributed by atoms with E-state index in [1.807, 2.05) is 19.1 Å². The summed E-state index contributed by atoms with van der Waals surface area (Å²) < 4.78 is 5.80. The van der Waals surface area contributed by atoms with E-state index < -0.39 is 17.6 Å². The van der Waals surface area contributed by atoms with Crippen LogP contribution in [0.3, 0.4) is 0 Å². The van der Waals surface area contributed by atoms with Gasteiger partial charge >= 0.3 is 0 Å². The molecular formula is C18H24Cl2N4O4. The number of carbonyl (C=O) groups is 1. The largest absolute Gasteiger partial charge is 0.477 e. The van der Waals surface area contributed by atoms with Crippen molar-refractivity contribution in [3.63, 3.8) is 0 Å². The molecule has 3 atom stereocenters. The number of rotatable bonds is 6. The Morgan fingerprint density at radius 2 is 1.96 bits per heavy atom. The first-order chi connectivity index (χ1) is 12.5. The van der Waals surface area contributed by atoms with Gasteiger partial charge in [0.25, 0.3) is 5.91 Å². The van der Waals surface area contributed by atoms with Crippen LogP contribution < -0.4 is 10.1 Å². The number of aliphatic hydroxyl groups excluding tert-OH is 2. The molecule has 1 unspecified atom stereocenters. The Balaban J connectivity index is 0.00000196. The van der Waals surface area contributed by atoms with Crippen LogP contribution in [0.5, 0.6) is 5.88 Å². The summed E-state index contributed by atoms with van der Waals surface area (Å²) in [6.45, 7) is 2.33. The molecule has 2 heterocycles. The zero-order valence-corrected chi connectivity index (χ0v) is 16.9. The van der Waals surface area contributed by atoms with Crippen molar-refractivity contribution in [2.75, 3.05) is 13.2 Å². The van der Waals surface area contributed by atoms with E-state index in [-0.39, 0.29) is 49.6 Å². The summed E-state index contributed by atoms with van der Waals surface area (Å²) >= 11 is 0. The van der Waals surface area contributed by atoms with Crippen LogP contribution in [0.25, 0.3) is 0 Å². The molecule has 0 aliphatic heterocycles. The van der Waals surface area contributed by atoms with E-state index in [0.29, 0.717) is 18.7 Å². The molecule has 1 amide bonds. The van der Waals surface area contributed by atoms with Gasteiger partial charge in [-0.25, -0.2) is 9.97 Å². The maximum atomic E-state index is 12.2. The van der Waals surface area contributed by atoms with Crippen LogP contribution in [0.2, 0.25) is 0 Å². The van der Waals surface area contributed by atoms with Crippen molar-refractivity contribution in [1.82, 2.24) is 20.3 Å². The van der Waals surface area contributed by atoms with E-state index in [9.17, 15) is 15.0 Å². The predicted molar refractivity (Wildman–Crippen MR) is 107 cm³/mol. The average Bonchev–Trinajstić information content (AvgIpc) is 2.93. The molecule has 1 saturated carbocycles. The van der Waals surface area contributed by atoms with Gasteiger partial charge in [0, 0.05) is 36.1 Å². The fraction of sp³-hybridized carbons (Fsp3) is 0.444. The maximum absolute atomic E-state index is 12.2. The molecule has 3 rings (SSSR count). The fourth-order valence-corrected chi connectivity index (χ4v) is 3.16. The van der Waals surface area contributed by atoms with Crippen LogP contribution in [0.15, 0.2) is 36.8 Å². The Morgan fingerprint density at radius 3 is 2.57 bits per heavy atom. The molecule has 28 heavy (non-hydrogen) atoms. The van der Waals surface area contributed by atoms with Gasteiger partial charge in [0.05, 0.1) is 25.0 Å². The van der Waals surface area contributed by atoms with Gasteiger partial charge in [0.2, 0.25) is 5.88 Å². The van der Waals surface area contributed by atoms with Crippen LogP contribution in [0, 0.1) is 12.3 Å². The summed E-state index contributed by atoms with van der Waals surface area (Å²) in [6, 6.07) is 5.46. The molecule has 2 aromatic heterocycles. The third kappa shape index (κ3) is 6.00. The van der Waals surface area contributed by atoms with E-state index in [2.05, 4.69) is 20.3 Å². The van der Waals surface area contributed by atoms with Crippen molar-refractivity contribution in [3.8, 4) is 5.88 Å². The number of pyridine rings is 1. The lowest BCUT2D eigenvalue weighted by Crippen LogP contribution is -2.41. The Bertz CT molecular complexity index is 756. The van der Waals surface area contributed by atoms with Crippen molar-refractivity contribution in [1.29, 1.82) is 0 Å². The number of carbonyl (C=O) groups excluding carboxylic acids is 1. The summed E-state index contributed by atoms with van der Waals surface area (Å²) in [5.41, 5.74) is 0.448. The van der Waals surface area contributed by atoms with Gasteiger partial charge in [-0.2, -0.15) is 0 Å². The number of aliphatic hydroxyl groups is 2. The van der Waals surface area contributed by atoms with E-state index >= 15 is 0 Å². The second-order valence-corrected chi connectivity index (χ2v) is 6.72. The number of nitrogens with zero attached hydrogens (tertiary/aromatic N) is 3. The van der Waals surface area contributed by atoms with E-state index in [0.717, 1.165) is 5.69 Å². The first-order valence-corrected chi connectivity index (χ1v) is 8.44. The standard InChI is InChI=1S/C18H22N4O4.2ClH/c1-12-3-2-4-16(22-12)26-11-18(7-14(23)15(24)8-18)10-21-17(25)13-9-19-5-6-20-13;;/h2-6,9,14-15,23-24H,7-8,10-11H2,1H3,(H,21,25);2*1H/t14-,15+,18?;;. The van der Waals surface area contributed by atoms with Crippen molar-refractivity contribution in [2.24, 2.45) is 5.41 Å². The maximum Gasteiger partial charge on any atom is 0.271 e. The average molecular weight is 431 g/mol. The topological polar surface area (TPSA) is 117 Å². The fourth-order valence-electron chi connectivity index (χ4n) is 3.16. The summed E-state index contributed by atoms with van der Waals surface area (Å²) in [5, 5.41) is 22.8. The molecule has 1 aliphatic carbocycles. The molecule has 0 aromatic carbocycles. The number of hydrogen-bond acceptors (Lipinski definition) is 7. The van der Waals surface area contributed by atoms with Gasteiger partial charge in [0.15, 0.2) is 0 Å². The molecule has 0 spiro atoms. The Kier molecular flexibility index (Phi) is 9.03. The Hall–Kier alpha value is -2.00. The number of nitrogens with one attached hydrogen (secondary N) is 1. The Morgan fingerprint density at radius 1 is 1.25 bits per heavy atom. The van der Waals surface area contributed by atoms with Gasteiger partial charge in [-0.1, -0.05) is 6.07 Å². The van der Waals surface area contributed by atoms with E-state index in [1.54, 1.807) is 6.07 Å². The predicted octanol–water partition coefficient (Wildman–Crippen LogP) is 1.33. The molecule has 0 saturated heterocycles. The van der Waals surface area contributed by atoms with Crippen molar-refractivity contribution >= 4 is 30.7 Å². The molecule has 154 valence electrons. The van der Waals surface area contributed by atoms with Crippen LogP contribution >= 0.6 is 24.8 Å². The smallest absolute Gasteiger partial charge is 0.271 e. The summed E-state index contributed by atoms with van der Waals surface area (Å²) in [6.07, 6.45) is 3.26. The second-order valence-electron chi connectivity index (χ2n) is 6.72. The van der Waals surface area contributed by atoms with Crippen LogP contribution in [0.1, 0.15) is 29.0 Å². The van der Waals surface area contributed by atoms with Crippen LogP contribution in [-0.4, -0.2) is 56.4 Å². The Labute approximate surface area is 175 Å². The van der Waals surface area contributed by atoms with Gasteiger partial charge in [0.1, 0.15) is 5.69 Å². The molecule has 1 aliphatic rings. The highest BCUT2D eigenvalue weighted by Gasteiger charge is 2.45. The monoisotopic (exact) mass is 430 g/mol. The number of amides is 1. The molecule has 0 radical (unpaired) electrons. The molecule has 2 aromatic rings. The minimum atomic E-state index is -0.850. The summed E-state index contributed by atoms with van der Waals surface area (Å²) in [7, 11) is 0. The highest BCUT2D eigenvalue weighted by molar-refractivity contribution is 5.91. The minimum Gasteiger partial charge on any atom is -0.477 e. The molecule has 0 bridgehead atoms. The number of ether oxygens (including phenoxy) is 1. The second kappa shape index (κ2) is 10.5. The third-order valence-electron chi connectivity index (χ3n) is 4.54. The highest BCUT2D eigenvalue weighted by atomic mass is 35.5. The number of aryl methyl sites for hydroxylation is 1. The third-order valence-corrected chi connectivity index (χ3v) is 4.54. The van der Waals surface area contributed by atoms with E-state index in [4.69, 9.17) is 4.74 Å². The van der Waals surface area contributed by atoms with Crippen LogP contribution in [-0.2, 0) is 0 Å². The van der Waals surface area contributed by atoms with Gasteiger partial charge in [-0.3, -0.25) is 9.78 Å². The lowest BCUT2D eigenvalue weighted by atomic mass is 9.86. The first-order valence-electron chi connectivity index (χ1n) is 8.44. The SMILES string of the molecule is Cc1cccc(OCC2(CNC(=O)c3cnccn3)C[C@@H](O)[C@@H](O)C2)n1.Cl.Cl. The quantitative estimate of drug-likeness (QED) is 0.632. The van der Waals surface area contributed by atoms with Gasteiger partial charge in [-0.15, -0.1) is 24.8 Å². The normalized spacial score (nSPS) is 23.2. The molecule has 8 nitrogen and oxygen atoms in total. The van der Waals surface area contributed by atoms with Crippen molar-refractivity contribution in [3.05, 3.63) is 48.2 Å². The van der Waals surface area contributed by atoms with Crippen LogP contribution in [0.4, 0.5) is 0 Å². The number of halogens is 2. The van der Waals surface area contributed by atoms with Crippen molar-refractivity contribution < 1.29 is 19.7 Å². The minimum absolute atomic E-state index is 0. The highest BCUT2D eigenvalue weighted by Crippen LogP contribution is 2.38. The lowest BCUT2D eigenvalue weighted by molar-refractivity contribution is 0.0438. The number of hydrogen-bond donors (Lipinski definition) is 3. The lowest BCUT2D eigenvalue weighted by Gasteiger charge is -2.29. The molecule has 10 heteroatoms. The summed E-state index contributed by atoms with van der Waals surface area (Å²) in [4.78, 5) is 24.4. The molecule has 3 N–H and O–H groups in total. The van der Waals surface area contributed by atoms with Gasteiger partial charge in [-0.05, 0) is 25.8 Å². The molecule has 1 fully saturated rings. The zero-order valence-electron chi connectivity index (χ0n) is 15.3. The van der Waals surface area contributed by atoms with Gasteiger partial charge < -0.3 is 20.3 Å². The molecular weight excluding hydrogens is 407 g/mol.